The topological polar surface area (TPSA) is 55.1 Å². The number of carboxylic acids is 1. The van der Waals surface area contributed by atoms with E-state index >= 15 is 0 Å². The molecule has 0 aromatic carbocycles. The minimum atomic E-state index is -0.812. The van der Waals surface area contributed by atoms with Crippen molar-refractivity contribution in [3.8, 4) is 0 Å². The highest BCUT2D eigenvalue weighted by Gasteiger charge is 2.14. The first-order valence-electron chi connectivity index (χ1n) is 5.06. The monoisotopic (exact) mass is 230 g/mol. The summed E-state index contributed by atoms with van der Waals surface area (Å²) in [7, 11) is 0. The van der Waals surface area contributed by atoms with Gasteiger partial charge in [-0.1, -0.05) is 18.5 Å². The Morgan fingerprint density at radius 2 is 2.20 bits per heavy atom. The Morgan fingerprint density at radius 3 is 2.67 bits per heavy atom. The second-order valence-electron chi connectivity index (χ2n) is 3.27. The van der Waals surface area contributed by atoms with E-state index in [1.807, 2.05) is 13.8 Å². The van der Waals surface area contributed by atoms with E-state index in [-0.39, 0.29) is 6.42 Å². The lowest BCUT2D eigenvalue weighted by Crippen LogP contribution is -2.06. The normalized spacial score (nSPS) is 10.6. The molecule has 0 fully saturated rings. The summed E-state index contributed by atoms with van der Waals surface area (Å²) < 4.78 is 1.78. The number of aliphatic carboxylic acids is 1. The van der Waals surface area contributed by atoms with Crippen molar-refractivity contribution in [2.24, 2.45) is 0 Å². The molecular weight excluding hydrogens is 216 g/mol. The first kappa shape index (κ1) is 12.0. The minimum Gasteiger partial charge on any atom is -0.481 e. The van der Waals surface area contributed by atoms with E-state index in [1.54, 1.807) is 4.68 Å². The summed E-state index contributed by atoms with van der Waals surface area (Å²) in [5.41, 5.74) is 1.68. The Morgan fingerprint density at radius 1 is 1.53 bits per heavy atom. The van der Waals surface area contributed by atoms with Crippen molar-refractivity contribution in [3.63, 3.8) is 0 Å². The van der Waals surface area contributed by atoms with Crippen LogP contribution in [0.1, 0.15) is 31.7 Å². The lowest BCUT2D eigenvalue weighted by atomic mass is 10.2. The summed E-state index contributed by atoms with van der Waals surface area (Å²) in [4.78, 5) is 10.5. The minimum absolute atomic E-state index is 0.0918. The Kier molecular flexibility index (Phi) is 4.15. The zero-order valence-electron chi connectivity index (χ0n) is 8.96. The van der Waals surface area contributed by atoms with Gasteiger partial charge in [-0.25, -0.2) is 0 Å². The Hall–Kier alpha value is -1.03. The highest BCUT2D eigenvalue weighted by molar-refractivity contribution is 6.31. The van der Waals surface area contributed by atoms with Crippen LogP contribution in [-0.2, 0) is 24.2 Å². The molecule has 0 atom stereocenters. The third kappa shape index (κ3) is 2.72. The molecule has 1 rings (SSSR count). The molecule has 0 aliphatic heterocycles. The van der Waals surface area contributed by atoms with Crippen molar-refractivity contribution in [3.05, 3.63) is 16.4 Å². The summed E-state index contributed by atoms with van der Waals surface area (Å²) in [6.07, 6.45) is 1.30. The average molecular weight is 231 g/mol. The maximum atomic E-state index is 10.5. The first-order valence-corrected chi connectivity index (χ1v) is 5.43. The van der Waals surface area contributed by atoms with Gasteiger partial charge in [-0.15, -0.1) is 0 Å². The fourth-order valence-electron chi connectivity index (χ4n) is 1.48. The molecule has 0 spiro atoms. The van der Waals surface area contributed by atoms with E-state index < -0.39 is 5.97 Å². The van der Waals surface area contributed by atoms with Gasteiger partial charge < -0.3 is 5.11 Å². The highest BCUT2D eigenvalue weighted by Crippen LogP contribution is 2.22. The largest absolute Gasteiger partial charge is 0.481 e. The number of carbonyl (C=O) groups is 1. The lowest BCUT2D eigenvalue weighted by molar-refractivity contribution is -0.136. The van der Waals surface area contributed by atoms with Gasteiger partial charge in [0, 0.05) is 13.0 Å². The molecule has 84 valence electrons. The fraction of sp³-hybridized carbons (Fsp3) is 0.600. The van der Waals surface area contributed by atoms with Crippen LogP contribution in [-0.4, -0.2) is 20.9 Å². The maximum absolute atomic E-state index is 10.5. The van der Waals surface area contributed by atoms with E-state index in [9.17, 15) is 4.79 Å². The van der Waals surface area contributed by atoms with E-state index in [2.05, 4.69) is 5.10 Å². The molecule has 0 aliphatic rings. The van der Waals surface area contributed by atoms with Gasteiger partial charge in [0.15, 0.2) is 0 Å². The van der Waals surface area contributed by atoms with E-state index in [1.165, 1.54) is 0 Å². The predicted molar refractivity (Wildman–Crippen MR) is 58.2 cm³/mol. The second-order valence-corrected chi connectivity index (χ2v) is 3.65. The number of hydrogen-bond acceptors (Lipinski definition) is 2. The van der Waals surface area contributed by atoms with Crippen molar-refractivity contribution in [2.45, 2.75) is 39.7 Å². The average Bonchev–Trinajstić information content (AvgIpc) is 2.51. The lowest BCUT2D eigenvalue weighted by Gasteiger charge is -2.02. The summed E-state index contributed by atoms with van der Waals surface area (Å²) in [5, 5.41) is 13.6. The molecule has 1 N–H and O–H groups in total. The van der Waals surface area contributed by atoms with Gasteiger partial charge in [0.1, 0.15) is 0 Å². The SMILES string of the molecule is CCc1nn(CC)c(CCC(=O)O)c1Cl. The Balaban J connectivity index is 2.92. The van der Waals surface area contributed by atoms with E-state index in [0.29, 0.717) is 18.0 Å². The second kappa shape index (κ2) is 5.16. The highest BCUT2D eigenvalue weighted by atomic mass is 35.5. The standard InChI is InChI=1S/C10H15ClN2O2/c1-3-7-10(11)8(5-6-9(14)15)13(4-2)12-7/h3-6H2,1-2H3,(H,14,15). The summed E-state index contributed by atoms with van der Waals surface area (Å²) >= 11 is 6.12. The summed E-state index contributed by atoms with van der Waals surface area (Å²) in [5.74, 6) is -0.812. The summed E-state index contributed by atoms with van der Waals surface area (Å²) in [6, 6.07) is 0. The van der Waals surface area contributed by atoms with E-state index in [4.69, 9.17) is 16.7 Å². The molecule has 1 aromatic heterocycles. The van der Waals surface area contributed by atoms with E-state index in [0.717, 1.165) is 17.8 Å². The van der Waals surface area contributed by atoms with Crippen LogP contribution in [0.3, 0.4) is 0 Å². The van der Waals surface area contributed by atoms with Gasteiger partial charge >= 0.3 is 5.97 Å². The Labute approximate surface area is 93.9 Å². The number of aromatic nitrogens is 2. The van der Waals surface area contributed by atoms with Crippen molar-refractivity contribution in [2.75, 3.05) is 0 Å². The predicted octanol–water partition coefficient (Wildman–Crippen LogP) is 2.14. The molecule has 5 heteroatoms. The molecule has 1 aromatic rings. The smallest absolute Gasteiger partial charge is 0.303 e. The van der Waals surface area contributed by atoms with Gasteiger partial charge in [0.2, 0.25) is 0 Å². The molecule has 0 unspecified atom stereocenters. The third-order valence-electron chi connectivity index (χ3n) is 2.27. The summed E-state index contributed by atoms with van der Waals surface area (Å²) in [6.45, 7) is 4.66. The quantitative estimate of drug-likeness (QED) is 0.843. The van der Waals surface area contributed by atoms with Crippen molar-refractivity contribution < 1.29 is 9.90 Å². The Bertz CT molecular complexity index is 361. The van der Waals surface area contributed by atoms with Crippen LogP contribution in [0.4, 0.5) is 0 Å². The molecule has 0 saturated heterocycles. The molecule has 0 saturated carbocycles. The van der Waals surface area contributed by atoms with Gasteiger partial charge in [-0.2, -0.15) is 5.10 Å². The molecule has 4 nitrogen and oxygen atoms in total. The van der Waals surface area contributed by atoms with Gasteiger partial charge in [0.05, 0.1) is 22.8 Å². The van der Waals surface area contributed by atoms with Crippen LogP contribution in [0.25, 0.3) is 0 Å². The van der Waals surface area contributed by atoms with Crippen LogP contribution >= 0.6 is 11.6 Å². The van der Waals surface area contributed by atoms with Crippen LogP contribution < -0.4 is 0 Å². The molecule has 0 amide bonds. The van der Waals surface area contributed by atoms with Gasteiger partial charge in [0.25, 0.3) is 0 Å². The van der Waals surface area contributed by atoms with Crippen LogP contribution in [0.5, 0.6) is 0 Å². The molecule has 15 heavy (non-hydrogen) atoms. The molecule has 0 radical (unpaired) electrons. The van der Waals surface area contributed by atoms with Crippen LogP contribution in [0, 0.1) is 0 Å². The van der Waals surface area contributed by atoms with Gasteiger partial charge in [-0.05, 0) is 13.3 Å². The number of carboxylic acid groups (broad SMARTS) is 1. The maximum Gasteiger partial charge on any atom is 0.303 e. The molecule has 1 heterocycles. The van der Waals surface area contributed by atoms with Crippen molar-refractivity contribution in [1.82, 2.24) is 9.78 Å². The first-order chi connectivity index (χ1) is 7.10. The number of hydrogen-bond donors (Lipinski definition) is 1. The van der Waals surface area contributed by atoms with Crippen molar-refractivity contribution >= 4 is 17.6 Å². The number of nitrogens with zero attached hydrogens (tertiary/aromatic N) is 2. The van der Waals surface area contributed by atoms with Crippen LogP contribution in [0.15, 0.2) is 0 Å². The van der Waals surface area contributed by atoms with Crippen LogP contribution in [0.2, 0.25) is 5.02 Å². The number of aryl methyl sites for hydroxylation is 2. The fourth-order valence-corrected chi connectivity index (χ4v) is 1.84. The zero-order valence-corrected chi connectivity index (χ0v) is 9.71. The van der Waals surface area contributed by atoms with Gasteiger partial charge in [-0.3, -0.25) is 9.48 Å². The molecular formula is C10H15ClN2O2. The number of rotatable bonds is 5. The zero-order chi connectivity index (χ0) is 11.4. The van der Waals surface area contributed by atoms with Crippen molar-refractivity contribution in [1.29, 1.82) is 0 Å². The molecule has 0 aliphatic carbocycles. The third-order valence-corrected chi connectivity index (χ3v) is 2.71. The molecule has 0 bridgehead atoms. The number of halogens is 1.